The Balaban J connectivity index is 2.33. The van der Waals surface area contributed by atoms with Gasteiger partial charge in [0.1, 0.15) is 12.1 Å². The third-order valence-corrected chi connectivity index (χ3v) is 2.79. The highest BCUT2D eigenvalue weighted by Gasteiger charge is 2.14. The number of carbonyl (C=O) groups is 1. The standard InChI is InChI=1S/C14H13FN2O3/c1-3-10-12(15)13(17-7-16-10)20-11-5-4-9(14(18)19)6-8(11)2/h4-7H,3H2,1-2H3,(H,18,19). The first-order chi connectivity index (χ1) is 9.52. The predicted molar refractivity (Wildman–Crippen MR) is 69.6 cm³/mol. The molecule has 0 atom stereocenters. The average Bonchev–Trinajstić information content (AvgIpc) is 2.43. The Morgan fingerprint density at radius 1 is 1.40 bits per heavy atom. The first kappa shape index (κ1) is 13.9. The van der Waals surface area contributed by atoms with Crippen LogP contribution >= 0.6 is 0 Å². The topological polar surface area (TPSA) is 72.3 Å². The van der Waals surface area contributed by atoms with Gasteiger partial charge in [0.25, 0.3) is 5.88 Å². The molecule has 0 bridgehead atoms. The molecule has 5 nitrogen and oxygen atoms in total. The molecule has 1 aromatic heterocycles. The smallest absolute Gasteiger partial charge is 0.335 e. The summed E-state index contributed by atoms with van der Waals surface area (Å²) in [7, 11) is 0. The van der Waals surface area contributed by atoms with Crippen molar-refractivity contribution in [3.8, 4) is 11.6 Å². The molecule has 104 valence electrons. The van der Waals surface area contributed by atoms with E-state index in [1.165, 1.54) is 24.5 Å². The Morgan fingerprint density at radius 3 is 2.75 bits per heavy atom. The van der Waals surface area contributed by atoms with Gasteiger partial charge in [-0.25, -0.2) is 9.78 Å². The van der Waals surface area contributed by atoms with Gasteiger partial charge >= 0.3 is 5.97 Å². The number of halogens is 1. The Morgan fingerprint density at radius 2 is 2.15 bits per heavy atom. The van der Waals surface area contributed by atoms with Gasteiger partial charge in [-0.15, -0.1) is 0 Å². The minimum atomic E-state index is -1.03. The fraction of sp³-hybridized carbons (Fsp3) is 0.214. The molecule has 1 N–H and O–H groups in total. The predicted octanol–water partition coefficient (Wildman–Crippen LogP) is 2.98. The summed E-state index contributed by atoms with van der Waals surface area (Å²) in [4.78, 5) is 18.4. The van der Waals surface area contributed by atoms with Gasteiger partial charge in [0, 0.05) is 0 Å². The molecule has 0 amide bonds. The van der Waals surface area contributed by atoms with E-state index in [1.807, 2.05) is 0 Å². The maximum absolute atomic E-state index is 14.0. The summed E-state index contributed by atoms with van der Waals surface area (Å²) in [6.45, 7) is 3.46. The number of benzene rings is 1. The molecule has 0 aliphatic heterocycles. The highest BCUT2D eigenvalue weighted by atomic mass is 19.1. The van der Waals surface area contributed by atoms with Crippen LogP contribution in [0.4, 0.5) is 4.39 Å². The van der Waals surface area contributed by atoms with Crippen LogP contribution in [-0.4, -0.2) is 21.0 Å². The summed E-state index contributed by atoms with van der Waals surface area (Å²) in [6, 6.07) is 4.33. The lowest BCUT2D eigenvalue weighted by Gasteiger charge is -2.10. The second-order valence-electron chi connectivity index (χ2n) is 4.18. The maximum Gasteiger partial charge on any atom is 0.335 e. The van der Waals surface area contributed by atoms with Gasteiger partial charge in [-0.05, 0) is 37.1 Å². The highest BCUT2D eigenvalue weighted by molar-refractivity contribution is 5.88. The second-order valence-corrected chi connectivity index (χ2v) is 4.18. The van der Waals surface area contributed by atoms with Crippen molar-refractivity contribution in [3.05, 3.63) is 47.2 Å². The molecule has 0 saturated heterocycles. The molecule has 0 unspecified atom stereocenters. The molecule has 6 heteroatoms. The lowest BCUT2D eigenvalue weighted by Crippen LogP contribution is -2.01. The summed E-state index contributed by atoms with van der Waals surface area (Å²) in [5.41, 5.74) is 1.00. The summed E-state index contributed by atoms with van der Waals surface area (Å²) in [6.07, 6.45) is 1.67. The zero-order chi connectivity index (χ0) is 14.7. The summed E-state index contributed by atoms with van der Waals surface area (Å²) in [5.74, 6) is -1.43. The number of aromatic carboxylic acids is 1. The van der Waals surface area contributed by atoms with Crippen molar-refractivity contribution < 1.29 is 19.0 Å². The minimum Gasteiger partial charge on any atom is -0.478 e. The van der Waals surface area contributed by atoms with Gasteiger partial charge in [-0.2, -0.15) is 9.37 Å². The molecule has 0 saturated carbocycles. The number of hydrogen-bond acceptors (Lipinski definition) is 4. The minimum absolute atomic E-state index is 0.146. The van der Waals surface area contributed by atoms with Crippen LogP contribution in [0.1, 0.15) is 28.5 Å². The average molecular weight is 276 g/mol. The Hall–Kier alpha value is -2.50. The number of carboxylic acid groups (broad SMARTS) is 1. The van der Waals surface area contributed by atoms with Crippen molar-refractivity contribution in [2.75, 3.05) is 0 Å². The lowest BCUT2D eigenvalue weighted by molar-refractivity contribution is 0.0696. The van der Waals surface area contributed by atoms with Crippen molar-refractivity contribution in [1.82, 2.24) is 9.97 Å². The second kappa shape index (κ2) is 5.64. The molecular weight excluding hydrogens is 263 g/mol. The van der Waals surface area contributed by atoms with Gasteiger partial charge in [-0.1, -0.05) is 6.92 Å². The number of aromatic nitrogens is 2. The Kier molecular flexibility index (Phi) is 3.93. The van der Waals surface area contributed by atoms with E-state index >= 15 is 0 Å². The highest BCUT2D eigenvalue weighted by Crippen LogP contribution is 2.27. The van der Waals surface area contributed by atoms with Crippen LogP contribution in [0.3, 0.4) is 0 Å². The van der Waals surface area contributed by atoms with Crippen LogP contribution in [-0.2, 0) is 6.42 Å². The molecule has 1 aromatic carbocycles. The van der Waals surface area contributed by atoms with Crippen LogP contribution in [0.15, 0.2) is 24.5 Å². The molecule has 2 rings (SSSR count). The van der Waals surface area contributed by atoms with Crippen molar-refractivity contribution >= 4 is 5.97 Å². The van der Waals surface area contributed by atoms with Gasteiger partial charge in [-0.3, -0.25) is 0 Å². The largest absolute Gasteiger partial charge is 0.478 e. The molecule has 2 aromatic rings. The monoisotopic (exact) mass is 276 g/mol. The number of rotatable bonds is 4. The van der Waals surface area contributed by atoms with Crippen LogP contribution in [0, 0.1) is 12.7 Å². The zero-order valence-corrected chi connectivity index (χ0v) is 11.1. The van der Waals surface area contributed by atoms with E-state index in [2.05, 4.69) is 9.97 Å². The van der Waals surface area contributed by atoms with E-state index < -0.39 is 11.8 Å². The normalized spacial score (nSPS) is 10.3. The maximum atomic E-state index is 14.0. The van der Waals surface area contributed by atoms with Crippen LogP contribution < -0.4 is 4.74 Å². The Labute approximate surface area is 115 Å². The third-order valence-electron chi connectivity index (χ3n) is 2.79. The molecule has 0 aliphatic rings. The van der Waals surface area contributed by atoms with Gasteiger partial charge in [0.15, 0.2) is 0 Å². The number of ether oxygens (including phenoxy) is 1. The SMILES string of the molecule is CCc1ncnc(Oc2ccc(C(=O)O)cc2C)c1F. The van der Waals surface area contributed by atoms with Crippen molar-refractivity contribution in [1.29, 1.82) is 0 Å². The van der Waals surface area contributed by atoms with E-state index in [0.29, 0.717) is 17.7 Å². The van der Waals surface area contributed by atoms with E-state index in [1.54, 1.807) is 13.8 Å². The van der Waals surface area contributed by atoms with Crippen molar-refractivity contribution in [3.63, 3.8) is 0 Å². The fourth-order valence-electron chi connectivity index (χ4n) is 1.71. The number of carboxylic acids is 1. The Bertz CT molecular complexity index is 659. The number of aryl methyl sites for hydroxylation is 2. The third kappa shape index (κ3) is 2.74. The fourth-order valence-corrected chi connectivity index (χ4v) is 1.71. The number of nitrogens with zero attached hydrogens (tertiary/aromatic N) is 2. The van der Waals surface area contributed by atoms with Gasteiger partial charge < -0.3 is 9.84 Å². The van der Waals surface area contributed by atoms with Crippen molar-refractivity contribution in [2.45, 2.75) is 20.3 Å². The van der Waals surface area contributed by atoms with E-state index in [4.69, 9.17) is 9.84 Å². The van der Waals surface area contributed by atoms with Crippen LogP contribution in [0.25, 0.3) is 0 Å². The molecule has 0 fully saturated rings. The van der Waals surface area contributed by atoms with Gasteiger partial charge in [0.2, 0.25) is 5.82 Å². The van der Waals surface area contributed by atoms with E-state index in [9.17, 15) is 9.18 Å². The quantitative estimate of drug-likeness (QED) is 0.929. The first-order valence-electron chi connectivity index (χ1n) is 6.04. The molecule has 1 heterocycles. The first-order valence-corrected chi connectivity index (χ1v) is 6.04. The molecule has 0 spiro atoms. The number of hydrogen-bond donors (Lipinski definition) is 1. The van der Waals surface area contributed by atoms with Crippen molar-refractivity contribution in [2.24, 2.45) is 0 Å². The van der Waals surface area contributed by atoms with E-state index in [0.717, 1.165) is 0 Å². The lowest BCUT2D eigenvalue weighted by atomic mass is 10.1. The molecule has 0 aliphatic carbocycles. The molecule has 0 radical (unpaired) electrons. The van der Waals surface area contributed by atoms with E-state index in [-0.39, 0.29) is 17.1 Å². The van der Waals surface area contributed by atoms with Gasteiger partial charge in [0.05, 0.1) is 11.3 Å². The van der Waals surface area contributed by atoms with Crippen LogP contribution in [0.5, 0.6) is 11.6 Å². The summed E-state index contributed by atoms with van der Waals surface area (Å²) >= 11 is 0. The summed E-state index contributed by atoms with van der Waals surface area (Å²) in [5, 5.41) is 8.88. The zero-order valence-electron chi connectivity index (χ0n) is 11.1. The molecular formula is C14H13FN2O3. The summed E-state index contributed by atoms with van der Waals surface area (Å²) < 4.78 is 19.4. The van der Waals surface area contributed by atoms with Crippen LogP contribution in [0.2, 0.25) is 0 Å². The molecule has 20 heavy (non-hydrogen) atoms.